The van der Waals surface area contributed by atoms with E-state index in [1.54, 1.807) is 0 Å². The van der Waals surface area contributed by atoms with Crippen molar-refractivity contribution in [3.05, 3.63) is 65.2 Å². The van der Waals surface area contributed by atoms with Gasteiger partial charge in [0, 0.05) is 5.56 Å². The Morgan fingerprint density at radius 1 is 0.962 bits per heavy atom. The van der Waals surface area contributed by atoms with Gasteiger partial charge in [0.1, 0.15) is 0 Å². The minimum absolute atomic E-state index is 0.0240. The van der Waals surface area contributed by atoms with Crippen LogP contribution < -0.4 is 10.7 Å². The van der Waals surface area contributed by atoms with Crippen molar-refractivity contribution in [3.8, 4) is 0 Å². The third-order valence-electron chi connectivity index (χ3n) is 4.21. The van der Waals surface area contributed by atoms with Crippen LogP contribution >= 0.6 is 12.2 Å². The number of halogens is 3. The third kappa shape index (κ3) is 4.40. The van der Waals surface area contributed by atoms with E-state index in [0.717, 1.165) is 43.0 Å². The maximum atomic E-state index is 13.1. The number of benzene rings is 2. The molecule has 0 bridgehead atoms. The fourth-order valence-electron chi connectivity index (χ4n) is 2.99. The number of rotatable bonds is 2. The van der Waals surface area contributed by atoms with Crippen molar-refractivity contribution < 1.29 is 13.2 Å². The highest BCUT2D eigenvalue weighted by molar-refractivity contribution is 7.80. The number of hydrogen-bond donors (Lipinski definition) is 2. The van der Waals surface area contributed by atoms with E-state index in [9.17, 15) is 13.2 Å². The van der Waals surface area contributed by atoms with Gasteiger partial charge in [-0.25, -0.2) is 0 Å². The molecular weight excluding hydrogens is 359 g/mol. The number of para-hydroxylation sites is 1. The van der Waals surface area contributed by atoms with Crippen molar-refractivity contribution in [1.29, 1.82) is 0 Å². The predicted molar refractivity (Wildman–Crippen MR) is 101 cm³/mol. The molecule has 0 spiro atoms. The Balaban J connectivity index is 1.75. The van der Waals surface area contributed by atoms with E-state index in [0.29, 0.717) is 0 Å². The second-order valence-electron chi connectivity index (χ2n) is 6.03. The Morgan fingerprint density at radius 2 is 1.65 bits per heavy atom. The van der Waals surface area contributed by atoms with E-state index < -0.39 is 11.7 Å². The summed E-state index contributed by atoms with van der Waals surface area (Å²) in [7, 11) is 0. The molecule has 0 atom stereocenters. The topological polar surface area (TPSA) is 36.4 Å². The van der Waals surface area contributed by atoms with Crippen molar-refractivity contribution >= 4 is 28.7 Å². The van der Waals surface area contributed by atoms with Gasteiger partial charge in [-0.2, -0.15) is 18.3 Å². The van der Waals surface area contributed by atoms with Gasteiger partial charge in [-0.15, -0.1) is 0 Å². The Labute approximate surface area is 155 Å². The highest BCUT2D eigenvalue weighted by Gasteiger charge is 2.33. The second kappa shape index (κ2) is 7.86. The molecule has 2 aromatic rings. The number of nitrogens with one attached hydrogen (secondary N) is 2. The lowest BCUT2D eigenvalue weighted by Gasteiger charge is -2.15. The summed E-state index contributed by atoms with van der Waals surface area (Å²) in [4.78, 5) is 0. The third-order valence-corrected chi connectivity index (χ3v) is 4.40. The molecule has 3 nitrogen and oxygen atoms in total. The molecule has 1 aliphatic carbocycles. The SMILES string of the molecule is FC(F)(F)c1ccccc1NC(=S)N/N=C1\CCCCc2ccccc21. The molecule has 0 radical (unpaired) electrons. The number of nitrogens with zero attached hydrogens (tertiary/aromatic N) is 1. The maximum absolute atomic E-state index is 13.1. The molecule has 1 aliphatic rings. The molecule has 0 aliphatic heterocycles. The summed E-state index contributed by atoms with van der Waals surface area (Å²) in [5.74, 6) is 0. The van der Waals surface area contributed by atoms with Crippen LogP contribution in [0.2, 0.25) is 0 Å². The number of anilines is 1. The summed E-state index contributed by atoms with van der Waals surface area (Å²) in [6.07, 6.45) is -0.572. The van der Waals surface area contributed by atoms with E-state index in [4.69, 9.17) is 12.2 Å². The number of alkyl halides is 3. The first-order chi connectivity index (χ1) is 12.4. The molecule has 0 saturated heterocycles. The molecule has 7 heteroatoms. The summed E-state index contributed by atoms with van der Waals surface area (Å²) in [6, 6.07) is 13.2. The number of fused-ring (bicyclic) bond motifs is 1. The molecule has 0 saturated carbocycles. The fourth-order valence-corrected chi connectivity index (χ4v) is 3.14. The summed E-state index contributed by atoms with van der Waals surface area (Å²) in [5, 5.41) is 6.97. The summed E-state index contributed by atoms with van der Waals surface area (Å²) in [6.45, 7) is 0. The van der Waals surface area contributed by atoms with Gasteiger partial charge in [0.25, 0.3) is 0 Å². The lowest BCUT2D eigenvalue weighted by atomic mass is 10.0. The molecule has 3 rings (SSSR count). The van der Waals surface area contributed by atoms with E-state index >= 15 is 0 Å². The molecule has 0 heterocycles. The van der Waals surface area contributed by atoms with Crippen molar-refractivity contribution in [2.24, 2.45) is 5.10 Å². The molecule has 2 N–H and O–H groups in total. The first kappa shape index (κ1) is 18.4. The van der Waals surface area contributed by atoms with Crippen molar-refractivity contribution in [3.63, 3.8) is 0 Å². The number of hydrazone groups is 1. The van der Waals surface area contributed by atoms with Gasteiger partial charge in [0.2, 0.25) is 0 Å². The van der Waals surface area contributed by atoms with Gasteiger partial charge in [0.05, 0.1) is 17.0 Å². The van der Waals surface area contributed by atoms with Crippen LogP contribution in [0.15, 0.2) is 53.6 Å². The van der Waals surface area contributed by atoms with Crippen LogP contribution in [0.1, 0.15) is 36.0 Å². The fraction of sp³-hybridized carbons (Fsp3) is 0.263. The molecule has 2 aromatic carbocycles. The van der Waals surface area contributed by atoms with E-state index in [1.807, 2.05) is 18.2 Å². The molecule has 0 unspecified atom stereocenters. The monoisotopic (exact) mass is 377 g/mol. The highest BCUT2D eigenvalue weighted by Crippen LogP contribution is 2.34. The minimum Gasteiger partial charge on any atom is -0.331 e. The van der Waals surface area contributed by atoms with E-state index in [2.05, 4.69) is 21.9 Å². The van der Waals surface area contributed by atoms with Gasteiger partial charge in [0.15, 0.2) is 5.11 Å². The zero-order valence-corrected chi connectivity index (χ0v) is 14.8. The zero-order valence-electron chi connectivity index (χ0n) is 13.9. The number of thiocarbonyl (C=S) groups is 1. The van der Waals surface area contributed by atoms with Gasteiger partial charge in [-0.1, -0.05) is 36.4 Å². The molecule has 136 valence electrons. The van der Waals surface area contributed by atoms with Crippen LogP contribution in [0.25, 0.3) is 0 Å². The van der Waals surface area contributed by atoms with E-state index in [-0.39, 0.29) is 10.8 Å². The Bertz CT molecular complexity index is 831. The summed E-state index contributed by atoms with van der Waals surface area (Å²) < 4.78 is 39.2. The maximum Gasteiger partial charge on any atom is 0.418 e. The first-order valence-electron chi connectivity index (χ1n) is 8.33. The molecular formula is C19H18F3N3S. The van der Waals surface area contributed by atoms with Crippen molar-refractivity contribution in [2.75, 3.05) is 5.32 Å². The normalized spacial score (nSPS) is 15.9. The lowest BCUT2D eigenvalue weighted by molar-refractivity contribution is -0.136. The molecule has 0 aromatic heterocycles. The average Bonchev–Trinajstić information content (AvgIpc) is 2.82. The Kier molecular flexibility index (Phi) is 5.56. The molecule has 0 amide bonds. The molecule has 26 heavy (non-hydrogen) atoms. The summed E-state index contributed by atoms with van der Waals surface area (Å²) >= 11 is 5.12. The largest absolute Gasteiger partial charge is 0.418 e. The summed E-state index contributed by atoms with van der Waals surface area (Å²) in [5.41, 5.74) is 4.99. The van der Waals surface area contributed by atoms with Crippen LogP contribution in [0.3, 0.4) is 0 Å². The zero-order chi connectivity index (χ0) is 18.6. The Hall–Kier alpha value is -2.41. The number of hydrogen-bond acceptors (Lipinski definition) is 2. The van der Waals surface area contributed by atoms with Crippen LogP contribution in [0, 0.1) is 0 Å². The van der Waals surface area contributed by atoms with Gasteiger partial charge in [-0.3, -0.25) is 5.43 Å². The lowest BCUT2D eigenvalue weighted by Crippen LogP contribution is -2.26. The smallest absolute Gasteiger partial charge is 0.331 e. The average molecular weight is 377 g/mol. The van der Waals surface area contributed by atoms with Crippen LogP contribution in [0.4, 0.5) is 18.9 Å². The quantitative estimate of drug-likeness (QED) is 0.433. The van der Waals surface area contributed by atoms with Crippen molar-refractivity contribution in [2.45, 2.75) is 31.9 Å². The first-order valence-corrected chi connectivity index (χ1v) is 8.74. The van der Waals surface area contributed by atoms with Crippen LogP contribution in [0.5, 0.6) is 0 Å². The van der Waals surface area contributed by atoms with Gasteiger partial charge >= 0.3 is 6.18 Å². The Morgan fingerprint density at radius 3 is 2.46 bits per heavy atom. The van der Waals surface area contributed by atoms with Crippen molar-refractivity contribution in [1.82, 2.24) is 5.43 Å². The minimum atomic E-state index is -4.45. The van der Waals surface area contributed by atoms with Crippen LogP contribution in [-0.2, 0) is 12.6 Å². The van der Waals surface area contributed by atoms with E-state index in [1.165, 1.54) is 23.8 Å². The van der Waals surface area contributed by atoms with Gasteiger partial charge < -0.3 is 5.32 Å². The number of aryl methyl sites for hydroxylation is 1. The standard InChI is InChI=1S/C19H18F3N3S/c20-19(21,22)15-10-4-6-12-17(15)23-18(26)25-24-16-11-5-2-8-13-7-1-3-9-14(13)16/h1,3-4,6-7,9-10,12H,2,5,8,11H2,(H2,23,25,26)/b24-16+. The second-order valence-corrected chi connectivity index (χ2v) is 6.44. The van der Waals surface area contributed by atoms with Crippen LogP contribution in [-0.4, -0.2) is 10.8 Å². The van der Waals surface area contributed by atoms with Gasteiger partial charge in [-0.05, 0) is 55.6 Å². The predicted octanol–water partition coefficient (Wildman–Crippen LogP) is 5.12. The molecule has 0 fully saturated rings. The highest BCUT2D eigenvalue weighted by atomic mass is 32.1.